The SMILES string of the molecule is CC(C)CCNC(CC(=O)Nc1ccc(N(C)C)cc1)C(=O)O. The first kappa shape index (κ1) is 19.0. The molecule has 1 amide bonds. The number of rotatable bonds is 9. The molecule has 0 radical (unpaired) electrons. The Bertz CT molecular complexity index is 512. The van der Waals surface area contributed by atoms with Gasteiger partial charge >= 0.3 is 5.97 Å². The molecule has 0 saturated carbocycles. The number of carbonyl (C=O) groups is 2. The molecule has 6 heteroatoms. The second-order valence-corrected chi connectivity index (χ2v) is 6.22. The van der Waals surface area contributed by atoms with Gasteiger partial charge in [-0.3, -0.25) is 9.59 Å². The second kappa shape index (κ2) is 9.15. The second-order valence-electron chi connectivity index (χ2n) is 6.22. The van der Waals surface area contributed by atoms with Gasteiger partial charge in [-0.15, -0.1) is 0 Å². The molecular formula is C17H27N3O3. The van der Waals surface area contributed by atoms with Crippen LogP contribution in [0.2, 0.25) is 0 Å². The Morgan fingerprint density at radius 3 is 2.26 bits per heavy atom. The Morgan fingerprint density at radius 2 is 1.78 bits per heavy atom. The van der Waals surface area contributed by atoms with Crippen LogP contribution in [0.25, 0.3) is 0 Å². The van der Waals surface area contributed by atoms with E-state index in [1.54, 1.807) is 12.1 Å². The highest BCUT2D eigenvalue weighted by atomic mass is 16.4. The van der Waals surface area contributed by atoms with Crippen molar-refractivity contribution in [1.29, 1.82) is 0 Å². The Balaban J connectivity index is 2.53. The summed E-state index contributed by atoms with van der Waals surface area (Å²) in [6, 6.07) is 6.52. The smallest absolute Gasteiger partial charge is 0.321 e. The van der Waals surface area contributed by atoms with Gasteiger partial charge in [0.05, 0.1) is 6.42 Å². The average molecular weight is 321 g/mol. The quantitative estimate of drug-likeness (QED) is 0.649. The first-order chi connectivity index (χ1) is 10.8. The zero-order valence-electron chi connectivity index (χ0n) is 14.3. The highest BCUT2D eigenvalue weighted by Gasteiger charge is 2.20. The lowest BCUT2D eigenvalue weighted by Crippen LogP contribution is -2.40. The van der Waals surface area contributed by atoms with E-state index in [1.165, 1.54) is 0 Å². The van der Waals surface area contributed by atoms with E-state index in [0.717, 1.165) is 12.1 Å². The summed E-state index contributed by atoms with van der Waals surface area (Å²) in [5.41, 5.74) is 1.69. The van der Waals surface area contributed by atoms with Crippen molar-refractivity contribution in [1.82, 2.24) is 5.32 Å². The van der Waals surface area contributed by atoms with Crippen molar-refractivity contribution in [3.05, 3.63) is 24.3 Å². The standard InChI is InChI=1S/C17H27N3O3/c1-12(2)9-10-18-15(17(22)23)11-16(21)19-13-5-7-14(8-6-13)20(3)4/h5-8,12,15,18H,9-11H2,1-4H3,(H,19,21)(H,22,23). The van der Waals surface area contributed by atoms with E-state index in [2.05, 4.69) is 24.5 Å². The maximum absolute atomic E-state index is 12.0. The molecule has 0 heterocycles. The van der Waals surface area contributed by atoms with Gasteiger partial charge in [0, 0.05) is 25.5 Å². The van der Waals surface area contributed by atoms with Crippen LogP contribution in [0.15, 0.2) is 24.3 Å². The number of aliphatic carboxylic acids is 1. The number of carboxylic acid groups (broad SMARTS) is 1. The number of nitrogens with zero attached hydrogens (tertiary/aromatic N) is 1. The minimum absolute atomic E-state index is 0.0944. The summed E-state index contributed by atoms with van der Waals surface area (Å²) in [4.78, 5) is 25.2. The van der Waals surface area contributed by atoms with Gasteiger partial charge in [0.15, 0.2) is 0 Å². The molecule has 0 saturated heterocycles. The molecule has 3 N–H and O–H groups in total. The van der Waals surface area contributed by atoms with E-state index in [9.17, 15) is 14.7 Å². The summed E-state index contributed by atoms with van der Waals surface area (Å²) < 4.78 is 0. The lowest BCUT2D eigenvalue weighted by atomic mass is 10.1. The third-order valence-electron chi connectivity index (χ3n) is 3.47. The van der Waals surface area contributed by atoms with E-state index >= 15 is 0 Å². The van der Waals surface area contributed by atoms with Gasteiger partial charge in [0.2, 0.25) is 5.91 Å². The molecule has 0 aliphatic heterocycles. The van der Waals surface area contributed by atoms with Gasteiger partial charge < -0.3 is 20.6 Å². The third kappa shape index (κ3) is 7.15. The van der Waals surface area contributed by atoms with Gasteiger partial charge in [-0.1, -0.05) is 13.8 Å². The molecule has 1 rings (SSSR count). The number of carbonyl (C=O) groups excluding carboxylic acids is 1. The average Bonchev–Trinajstić information content (AvgIpc) is 2.46. The zero-order valence-corrected chi connectivity index (χ0v) is 14.3. The number of nitrogens with one attached hydrogen (secondary N) is 2. The first-order valence-corrected chi connectivity index (χ1v) is 7.83. The van der Waals surface area contributed by atoms with Crippen LogP contribution in [-0.4, -0.2) is 43.7 Å². The summed E-state index contributed by atoms with van der Waals surface area (Å²) >= 11 is 0. The molecule has 128 valence electrons. The highest BCUT2D eigenvalue weighted by Crippen LogP contribution is 2.16. The van der Waals surface area contributed by atoms with Crippen molar-refractivity contribution in [2.45, 2.75) is 32.7 Å². The van der Waals surface area contributed by atoms with Crippen LogP contribution >= 0.6 is 0 Å². The van der Waals surface area contributed by atoms with Crippen molar-refractivity contribution in [3.8, 4) is 0 Å². The van der Waals surface area contributed by atoms with E-state index in [-0.39, 0.29) is 12.3 Å². The zero-order chi connectivity index (χ0) is 17.4. The molecule has 0 aromatic heterocycles. The summed E-state index contributed by atoms with van der Waals surface area (Å²) in [6.07, 6.45) is 0.778. The molecule has 1 aromatic rings. The van der Waals surface area contributed by atoms with Crippen molar-refractivity contribution in [2.75, 3.05) is 30.9 Å². The van der Waals surface area contributed by atoms with Crippen LogP contribution in [0.5, 0.6) is 0 Å². The van der Waals surface area contributed by atoms with Crippen molar-refractivity contribution in [2.24, 2.45) is 5.92 Å². The van der Waals surface area contributed by atoms with Crippen molar-refractivity contribution in [3.63, 3.8) is 0 Å². The van der Waals surface area contributed by atoms with Crippen LogP contribution in [0.3, 0.4) is 0 Å². The number of carboxylic acids is 1. The Hall–Kier alpha value is -2.08. The molecule has 0 spiro atoms. The number of amides is 1. The van der Waals surface area contributed by atoms with E-state index in [4.69, 9.17) is 0 Å². The maximum atomic E-state index is 12.0. The van der Waals surface area contributed by atoms with E-state index in [0.29, 0.717) is 18.2 Å². The molecular weight excluding hydrogens is 294 g/mol. The maximum Gasteiger partial charge on any atom is 0.321 e. The Kier molecular flexibility index (Phi) is 7.54. The van der Waals surface area contributed by atoms with Crippen LogP contribution in [-0.2, 0) is 9.59 Å². The van der Waals surface area contributed by atoms with Gasteiger partial charge in [0.1, 0.15) is 6.04 Å². The largest absolute Gasteiger partial charge is 0.480 e. The fourth-order valence-electron chi connectivity index (χ4n) is 2.03. The van der Waals surface area contributed by atoms with Crippen LogP contribution < -0.4 is 15.5 Å². The Morgan fingerprint density at radius 1 is 1.17 bits per heavy atom. The molecule has 1 atom stereocenters. The number of hydrogen-bond donors (Lipinski definition) is 3. The van der Waals surface area contributed by atoms with Crippen molar-refractivity contribution >= 4 is 23.3 Å². The van der Waals surface area contributed by atoms with Gasteiger partial charge in [-0.25, -0.2) is 0 Å². The van der Waals surface area contributed by atoms with Crippen molar-refractivity contribution < 1.29 is 14.7 Å². The molecule has 23 heavy (non-hydrogen) atoms. The number of hydrogen-bond acceptors (Lipinski definition) is 4. The van der Waals surface area contributed by atoms with Crippen LogP contribution in [0.1, 0.15) is 26.7 Å². The Labute approximate surface area is 137 Å². The van der Waals surface area contributed by atoms with Gasteiger partial charge in [-0.2, -0.15) is 0 Å². The minimum atomic E-state index is -1.01. The molecule has 1 aromatic carbocycles. The summed E-state index contributed by atoms with van der Waals surface area (Å²) in [6.45, 7) is 4.72. The topological polar surface area (TPSA) is 81.7 Å². The van der Waals surface area contributed by atoms with Crippen LogP contribution in [0.4, 0.5) is 11.4 Å². The lowest BCUT2D eigenvalue weighted by Gasteiger charge is -2.16. The first-order valence-electron chi connectivity index (χ1n) is 7.83. The van der Waals surface area contributed by atoms with Gasteiger partial charge in [0.25, 0.3) is 0 Å². The molecule has 0 bridgehead atoms. The number of anilines is 2. The molecule has 1 unspecified atom stereocenters. The fraction of sp³-hybridized carbons (Fsp3) is 0.529. The number of benzene rings is 1. The van der Waals surface area contributed by atoms with Gasteiger partial charge in [-0.05, 0) is 43.1 Å². The predicted molar refractivity (Wildman–Crippen MR) is 92.9 cm³/mol. The summed E-state index contributed by atoms with van der Waals surface area (Å²) in [5, 5.41) is 14.9. The highest BCUT2D eigenvalue weighted by molar-refractivity contribution is 5.94. The monoisotopic (exact) mass is 321 g/mol. The van der Waals surface area contributed by atoms with Crippen LogP contribution in [0, 0.1) is 5.92 Å². The normalized spacial score (nSPS) is 12.0. The molecule has 6 nitrogen and oxygen atoms in total. The van der Waals surface area contributed by atoms with E-state index < -0.39 is 12.0 Å². The third-order valence-corrected chi connectivity index (χ3v) is 3.47. The predicted octanol–water partition coefficient (Wildman–Crippen LogP) is 2.17. The lowest BCUT2D eigenvalue weighted by molar-refractivity contribution is -0.141. The minimum Gasteiger partial charge on any atom is -0.480 e. The molecule has 0 aliphatic rings. The molecule has 0 aliphatic carbocycles. The summed E-state index contributed by atoms with van der Waals surface area (Å²) in [7, 11) is 3.88. The fourth-order valence-corrected chi connectivity index (χ4v) is 2.03. The molecule has 0 fully saturated rings. The summed E-state index contributed by atoms with van der Waals surface area (Å²) in [5.74, 6) is -0.833. The van der Waals surface area contributed by atoms with E-state index in [1.807, 2.05) is 31.1 Å².